The van der Waals surface area contributed by atoms with Gasteiger partial charge in [-0.3, -0.25) is 15.1 Å². The quantitative estimate of drug-likeness (QED) is 0.898. The molecule has 1 saturated carbocycles. The monoisotopic (exact) mass is 275 g/mol. The predicted octanol–water partition coefficient (Wildman–Crippen LogP) is 2.17. The molecule has 3 rings (SSSR count). The Morgan fingerprint density at radius 2 is 2.21 bits per heavy atom. The summed E-state index contributed by atoms with van der Waals surface area (Å²) < 4.78 is 0. The second kappa shape index (κ2) is 4.79. The number of halogens is 1. The number of rotatable bonds is 4. The van der Waals surface area contributed by atoms with Gasteiger partial charge in [-0.2, -0.15) is 0 Å². The van der Waals surface area contributed by atoms with Crippen LogP contribution in [0.15, 0.2) is 30.5 Å². The Morgan fingerprint density at radius 3 is 2.89 bits per heavy atom. The molecule has 0 bridgehead atoms. The van der Waals surface area contributed by atoms with Crippen LogP contribution < -0.4 is 11.1 Å². The Morgan fingerprint density at radius 1 is 1.42 bits per heavy atom. The van der Waals surface area contributed by atoms with Crippen LogP contribution in [0.4, 0.5) is 0 Å². The van der Waals surface area contributed by atoms with Crippen molar-refractivity contribution in [3.05, 3.63) is 41.0 Å². The zero-order chi connectivity index (χ0) is 13.4. The van der Waals surface area contributed by atoms with Gasteiger partial charge in [-0.25, -0.2) is 0 Å². The molecule has 1 fully saturated rings. The van der Waals surface area contributed by atoms with Crippen molar-refractivity contribution in [3.63, 3.8) is 0 Å². The molecule has 1 atom stereocenters. The lowest BCUT2D eigenvalue weighted by Gasteiger charge is -2.17. The maximum Gasteiger partial charge on any atom is 0.239 e. The fourth-order valence-electron chi connectivity index (χ4n) is 2.20. The first-order valence-electron chi connectivity index (χ1n) is 6.25. The van der Waals surface area contributed by atoms with E-state index >= 15 is 0 Å². The van der Waals surface area contributed by atoms with Gasteiger partial charge in [0.1, 0.15) is 6.04 Å². The highest BCUT2D eigenvalue weighted by atomic mass is 35.5. The summed E-state index contributed by atoms with van der Waals surface area (Å²) >= 11 is 6.15. The number of aromatic nitrogens is 1. The number of hydrogen-bond donors (Lipinski definition) is 2. The molecule has 19 heavy (non-hydrogen) atoms. The summed E-state index contributed by atoms with van der Waals surface area (Å²) in [6.07, 6.45) is 3.86. The van der Waals surface area contributed by atoms with Crippen LogP contribution in [-0.2, 0) is 4.79 Å². The molecule has 5 heteroatoms. The summed E-state index contributed by atoms with van der Waals surface area (Å²) in [7, 11) is 0. The van der Waals surface area contributed by atoms with Gasteiger partial charge >= 0.3 is 0 Å². The number of pyridine rings is 1. The van der Waals surface area contributed by atoms with Crippen molar-refractivity contribution in [1.82, 2.24) is 10.3 Å². The van der Waals surface area contributed by atoms with E-state index in [0.717, 1.165) is 29.3 Å². The van der Waals surface area contributed by atoms with Crippen LogP contribution in [0.5, 0.6) is 0 Å². The van der Waals surface area contributed by atoms with Gasteiger partial charge in [-0.1, -0.05) is 17.7 Å². The van der Waals surface area contributed by atoms with Gasteiger partial charge in [0.2, 0.25) is 5.91 Å². The Labute approximate surface area is 116 Å². The van der Waals surface area contributed by atoms with Gasteiger partial charge in [0, 0.05) is 28.2 Å². The number of hydrogen-bond acceptors (Lipinski definition) is 3. The lowest BCUT2D eigenvalue weighted by Crippen LogP contribution is -2.35. The first-order chi connectivity index (χ1) is 9.16. The molecule has 1 aliphatic carbocycles. The largest absolute Gasteiger partial charge is 0.368 e. The average Bonchev–Trinajstić information content (AvgIpc) is 3.21. The minimum atomic E-state index is -0.512. The molecule has 1 aromatic carbocycles. The number of carbonyl (C=O) groups is 1. The van der Waals surface area contributed by atoms with Crippen LogP contribution in [-0.4, -0.2) is 16.9 Å². The van der Waals surface area contributed by atoms with Gasteiger partial charge in [0.05, 0.1) is 5.52 Å². The molecule has 0 saturated heterocycles. The van der Waals surface area contributed by atoms with Crippen molar-refractivity contribution < 1.29 is 4.79 Å². The maximum atomic E-state index is 11.7. The van der Waals surface area contributed by atoms with Crippen molar-refractivity contribution in [2.45, 2.75) is 24.9 Å². The SMILES string of the molecule is NC(=O)C(NC1CC1)c1ccc(Cl)c2cccnc12. The molecule has 3 N–H and O–H groups in total. The fraction of sp³-hybridized carbons (Fsp3) is 0.286. The number of carbonyl (C=O) groups excluding carboxylic acids is 1. The molecular weight excluding hydrogens is 262 g/mol. The molecule has 1 aromatic heterocycles. The molecule has 1 heterocycles. The van der Waals surface area contributed by atoms with Gasteiger partial charge in [0.25, 0.3) is 0 Å². The highest BCUT2D eigenvalue weighted by Gasteiger charge is 2.29. The second-order valence-electron chi connectivity index (χ2n) is 4.81. The molecule has 1 unspecified atom stereocenters. The molecule has 1 amide bonds. The van der Waals surface area contributed by atoms with E-state index < -0.39 is 6.04 Å². The highest BCUT2D eigenvalue weighted by molar-refractivity contribution is 6.35. The normalized spacial score (nSPS) is 16.5. The molecule has 2 aromatic rings. The van der Waals surface area contributed by atoms with Crippen molar-refractivity contribution in [1.29, 1.82) is 0 Å². The zero-order valence-corrected chi connectivity index (χ0v) is 11.0. The molecule has 0 spiro atoms. The van der Waals surface area contributed by atoms with E-state index in [9.17, 15) is 4.79 Å². The molecular formula is C14H14ClN3O. The van der Waals surface area contributed by atoms with E-state index in [1.54, 1.807) is 12.3 Å². The van der Waals surface area contributed by atoms with Gasteiger partial charge in [-0.15, -0.1) is 0 Å². The van der Waals surface area contributed by atoms with Crippen LogP contribution in [0.1, 0.15) is 24.4 Å². The van der Waals surface area contributed by atoms with Crippen molar-refractivity contribution in [2.24, 2.45) is 5.73 Å². The van der Waals surface area contributed by atoms with Crippen LogP contribution in [0, 0.1) is 0 Å². The Hall–Kier alpha value is -1.65. The summed E-state index contributed by atoms with van der Waals surface area (Å²) in [6.45, 7) is 0. The van der Waals surface area contributed by atoms with Crippen LogP contribution in [0.25, 0.3) is 10.9 Å². The third-order valence-corrected chi connectivity index (χ3v) is 3.65. The van der Waals surface area contributed by atoms with E-state index in [-0.39, 0.29) is 5.91 Å². The summed E-state index contributed by atoms with van der Waals surface area (Å²) in [5.41, 5.74) is 7.03. The summed E-state index contributed by atoms with van der Waals surface area (Å²) in [5, 5.41) is 4.73. The highest BCUT2D eigenvalue weighted by Crippen LogP contribution is 2.30. The number of amides is 1. The number of nitrogens with zero attached hydrogens (tertiary/aromatic N) is 1. The van der Waals surface area contributed by atoms with Crippen LogP contribution >= 0.6 is 11.6 Å². The minimum Gasteiger partial charge on any atom is -0.368 e. The van der Waals surface area contributed by atoms with Crippen molar-refractivity contribution >= 4 is 28.4 Å². The Bertz CT molecular complexity index is 640. The lowest BCUT2D eigenvalue weighted by atomic mass is 10.0. The number of nitrogens with one attached hydrogen (secondary N) is 1. The maximum absolute atomic E-state index is 11.7. The Balaban J connectivity index is 2.11. The van der Waals surface area contributed by atoms with Gasteiger partial charge in [-0.05, 0) is 31.0 Å². The minimum absolute atomic E-state index is 0.381. The molecule has 0 radical (unpaired) electrons. The molecule has 98 valence electrons. The standard InChI is InChI=1S/C14H14ClN3O/c15-11-6-5-10(12-9(11)2-1-7-17-12)13(14(16)19)18-8-3-4-8/h1-2,5-8,13,18H,3-4H2,(H2,16,19). The number of benzene rings is 1. The molecule has 0 aliphatic heterocycles. The summed E-state index contributed by atoms with van der Waals surface area (Å²) in [5.74, 6) is -0.388. The first-order valence-corrected chi connectivity index (χ1v) is 6.63. The topological polar surface area (TPSA) is 68.0 Å². The number of nitrogens with two attached hydrogens (primary N) is 1. The van der Waals surface area contributed by atoms with E-state index in [1.165, 1.54) is 0 Å². The smallest absolute Gasteiger partial charge is 0.239 e. The van der Waals surface area contributed by atoms with Gasteiger partial charge in [0.15, 0.2) is 0 Å². The van der Waals surface area contributed by atoms with Crippen molar-refractivity contribution in [3.8, 4) is 0 Å². The lowest BCUT2D eigenvalue weighted by molar-refractivity contribution is -0.120. The van der Waals surface area contributed by atoms with Gasteiger partial charge < -0.3 is 5.73 Å². The number of fused-ring (bicyclic) bond motifs is 1. The third kappa shape index (κ3) is 2.41. The average molecular weight is 276 g/mol. The van der Waals surface area contributed by atoms with E-state index in [1.807, 2.05) is 18.2 Å². The van der Waals surface area contributed by atoms with Crippen LogP contribution in [0.2, 0.25) is 5.02 Å². The van der Waals surface area contributed by atoms with Crippen LogP contribution in [0.3, 0.4) is 0 Å². The summed E-state index contributed by atoms with van der Waals surface area (Å²) in [6, 6.07) is 7.19. The summed E-state index contributed by atoms with van der Waals surface area (Å²) in [4.78, 5) is 16.0. The Kier molecular flexibility index (Phi) is 3.12. The van der Waals surface area contributed by atoms with E-state index in [4.69, 9.17) is 17.3 Å². The van der Waals surface area contributed by atoms with E-state index in [2.05, 4.69) is 10.3 Å². The number of primary amides is 1. The third-order valence-electron chi connectivity index (χ3n) is 3.32. The molecule has 1 aliphatic rings. The fourth-order valence-corrected chi connectivity index (χ4v) is 2.42. The van der Waals surface area contributed by atoms with E-state index in [0.29, 0.717) is 11.1 Å². The zero-order valence-electron chi connectivity index (χ0n) is 10.3. The second-order valence-corrected chi connectivity index (χ2v) is 5.22. The van der Waals surface area contributed by atoms with Crippen molar-refractivity contribution in [2.75, 3.05) is 0 Å². The first kappa shape index (κ1) is 12.4. The predicted molar refractivity (Wildman–Crippen MR) is 74.8 cm³/mol. The molecule has 4 nitrogen and oxygen atoms in total.